The SMILES string of the molecule is COC(=O)c1c(C)cc2c(c1O)[C@]1(O)C(=O)c3cc4c(c(O)c3C(=O)[C@]1(OC)[C@H](O)C2)C(=O)CC(=N[C@H]1O[C@@H](C)[C@H](OC)C(=NOCCN)[C@H]1CO)C4=O. The van der Waals surface area contributed by atoms with E-state index in [-0.39, 0.29) is 30.0 Å². The largest absolute Gasteiger partial charge is 0.507 e. The summed E-state index contributed by atoms with van der Waals surface area (Å²) < 4.78 is 21.7. The number of Topliss-reactive ketones (excluding diaryl/α,β-unsaturated/α-hetero) is 4. The molecule has 54 heavy (non-hydrogen) atoms. The molecule has 1 saturated heterocycles. The molecule has 2 aromatic carbocycles. The van der Waals surface area contributed by atoms with Crippen LogP contribution in [-0.4, -0.2) is 137 Å². The van der Waals surface area contributed by atoms with Gasteiger partial charge in [0.25, 0.3) is 0 Å². The molecule has 7 N–H and O–H groups in total. The summed E-state index contributed by atoms with van der Waals surface area (Å²) in [5.74, 6) is -8.67. The molecule has 18 heteroatoms. The van der Waals surface area contributed by atoms with E-state index in [1.165, 1.54) is 20.1 Å². The predicted molar refractivity (Wildman–Crippen MR) is 183 cm³/mol. The number of aromatic hydroxyl groups is 2. The lowest BCUT2D eigenvalue weighted by atomic mass is 9.56. The van der Waals surface area contributed by atoms with Crippen LogP contribution >= 0.6 is 0 Å². The summed E-state index contributed by atoms with van der Waals surface area (Å²) in [4.78, 5) is 79.3. The number of carbonyl (C=O) groups excluding carboxylic acids is 5. The topological polar surface area (TPSA) is 283 Å². The Hall–Kier alpha value is -4.95. The van der Waals surface area contributed by atoms with Crippen LogP contribution in [0.3, 0.4) is 0 Å². The molecule has 18 nitrogen and oxygen atoms in total. The number of esters is 1. The van der Waals surface area contributed by atoms with E-state index >= 15 is 0 Å². The van der Waals surface area contributed by atoms with Gasteiger partial charge in [-0.15, -0.1) is 0 Å². The highest BCUT2D eigenvalue weighted by Crippen LogP contribution is 2.56. The smallest absolute Gasteiger partial charge is 0.341 e. The quantitative estimate of drug-likeness (QED) is 0.114. The summed E-state index contributed by atoms with van der Waals surface area (Å²) in [5.41, 5.74) is -4.53. The first-order chi connectivity index (χ1) is 25.6. The summed E-state index contributed by atoms with van der Waals surface area (Å²) in [7, 11) is 3.35. The zero-order chi connectivity index (χ0) is 39.6. The van der Waals surface area contributed by atoms with Crippen molar-refractivity contribution < 1.29 is 73.3 Å². The van der Waals surface area contributed by atoms with Gasteiger partial charge < -0.3 is 55.1 Å². The maximum Gasteiger partial charge on any atom is 0.341 e. The van der Waals surface area contributed by atoms with Crippen LogP contribution in [-0.2, 0) is 35.8 Å². The molecule has 288 valence electrons. The Morgan fingerprint density at radius 1 is 1.06 bits per heavy atom. The number of ether oxygens (including phenoxy) is 4. The van der Waals surface area contributed by atoms with E-state index in [4.69, 9.17) is 29.5 Å². The van der Waals surface area contributed by atoms with Crippen molar-refractivity contribution >= 4 is 40.5 Å². The van der Waals surface area contributed by atoms with Crippen LogP contribution in [0.1, 0.15) is 81.8 Å². The van der Waals surface area contributed by atoms with Crippen molar-refractivity contribution in [3.63, 3.8) is 0 Å². The molecule has 0 spiro atoms. The number of aliphatic imine (C=N–C) groups is 1. The first-order valence-electron chi connectivity index (χ1n) is 16.8. The van der Waals surface area contributed by atoms with Crippen LogP contribution in [0.5, 0.6) is 11.5 Å². The first-order valence-corrected chi connectivity index (χ1v) is 16.8. The molecule has 1 fully saturated rings. The maximum atomic E-state index is 14.7. The molecule has 6 rings (SSSR count). The number of methoxy groups -OCH3 is 3. The van der Waals surface area contributed by atoms with E-state index in [1.807, 2.05) is 0 Å². The number of fused-ring (bicyclic) bond motifs is 5. The average Bonchev–Trinajstić information content (AvgIpc) is 3.12. The van der Waals surface area contributed by atoms with Gasteiger partial charge in [0.2, 0.25) is 17.3 Å². The number of aliphatic hydroxyl groups excluding tert-OH is 2. The lowest BCUT2D eigenvalue weighted by Gasteiger charge is -2.52. The van der Waals surface area contributed by atoms with Crippen molar-refractivity contribution in [3.05, 3.63) is 56.6 Å². The van der Waals surface area contributed by atoms with Crippen molar-refractivity contribution in [2.45, 2.75) is 62.4 Å². The molecule has 2 aromatic rings. The van der Waals surface area contributed by atoms with Gasteiger partial charge in [0.1, 0.15) is 29.8 Å². The minimum absolute atomic E-state index is 0.0139. The highest BCUT2D eigenvalue weighted by atomic mass is 16.6. The average molecular weight is 754 g/mol. The number of phenols is 2. The van der Waals surface area contributed by atoms with Gasteiger partial charge in [-0.1, -0.05) is 11.2 Å². The zero-order valence-corrected chi connectivity index (χ0v) is 29.9. The molecule has 7 atom stereocenters. The van der Waals surface area contributed by atoms with Gasteiger partial charge in [-0.3, -0.25) is 24.2 Å². The molecule has 0 aromatic heterocycles. The van der Waals surface area contributed by atoms with E-state index in [1.54, 1.807) is 6.92 Å². The Balaban J connectivity index is 1.52. The van der Waals surface area contributed by atoms with Gasteiger partial charge in [0, 0.05) is 43.9 Å². The molecule has 1 aliphatic heterocycles. The van der Waals surface area contributed by atoms with E-state index < -0.39 is 141 Å². The normalized spacial score (nSPS) is 30.5. The molecule has 4 aliphatic rings. The van der Waals surface area contributed by atoms with Crippen LogP contribution in [0.15, 0.2) is 22.3 Å². The van der Waals surface area contributed by atoms with Gasteiger partial charge in [-0.25, -0.2) is 4.79 Å². The molecule has 1 heterocycles. The van der Waals surface area contributed by atoms with Crippen molar-refractivity contribution in [2.75, 3.05) is 41.1 Å². The Morgan fingerprint density at radius 2 is 1.76 bits per heavy atom. The first kappa shape index (κ1) is 38.8. The minimum atomic E-state index is -3.25. The number of hydrogen-bond donors (Lipinski definition) is 6. The number of nitrogens with two attached hydrogens (primary N) is 1. The number of carbonyl (C=O) groups is 5. The number of aliphatic hydroxyl groups is 3. The molecular formula is C36H39N3O15. The Bertz CT molecular complexity index is 2060. The number of hydrogen-bond acceptors (Lipinski definition) is 18. The maximum absolute atomic E-state index is 14.7. The van der Waals surface area contributed by atoms with Gasteiger partial charge in [-0.2, -0.15) is 0 Å². The lowest BCUT2D eigenvalue weighted by Crippen LogP contribution is -2.73. The summed E-state index contributed by atoms with van der Waals surface area (Å²) >= 11 is 0. The fourth-order valence-electron chi connectivity index (χ4n) is 8.09. The number of aryl methyl sites for hydroxylation is 1. The van der Waals surface area contributed by atoms with E-state index in [0.717, 1.165) is 20.3 Å². The van der Waals surface area contributed by atoms with Crippen LogP contribution < -0.4 is 5.73 Å². The monoisotopic (exact) mass is 753 g/mol. The van der Waals surface area contributed by atoms with Gasteiger partial charge in [-0.05, 0) is 31.0 Å². The third-order valence-electron chi connectivity index (χ3n) is 10.5. The molecule has 0 amide bonds. The van der Waals surface area contributed by atoms with Crippen LogP contribution in [0, 0.1) is 12.8 Å². The number of benzene rings is 2. The second-order valence-electron chi connectivity index (χ2n) is 13.4. The lowest BCUT2D eigenvalue weighted by molar-refractivity contribution is -0.181. The second-order valence-corrected chi connectivity index (χ2v) is 13.4. The summed E-state index contributed by atoms with van der Waals surface area (Å²) in [6.07, 6.45) is -5.94. The number of phenolic OH excluding ortho intramolecular Hbond substituents is 2. The molecular weight excluding hydrogens is 714 g/mol. The van der Waals surface area contributed by atoms with Crippen LogP contribution in [0.4, 0.5) is 0 Å². The zero-order valence-electron chi connectivity index (χ0n) is 29.9. The van der Waals surface area contributed by atoms with E-state index in [2.05, 4.69) is 10.1 Å². The fourth-order valence-corrected chi connectivity index (χ4v) is 8.09. The predicted octanol–water partition coefficient (Wildman–Crippen LogP) is -0.328. The molecule has 0 saturated carbocycles. The molecule has 3 aliphatic carbocycles. The fraction of sp³-hybridized carbons (Fsp3) is 0.472. The standard InChI is InChI=1S/C36H39N3O15/c1-13-8-15-9-21(42)36(52-5)32(47)24-17(31(46)35(36,49)25(15)29(45)22(13)34(48)51-4)10-16-23(28(24)44)20(41)11-19(27(16)43)38-33-18(12-40)26(39-53-7-6-37)30(50-3)14(2)54-33/h8,10,14,18,21,30,33,40,42,44-45,49H,6-7,9,11-12,37H2,1-5H3/t14-,18+,21+,30-,33-,35-,36+/m0/s1. The highest BCUT2D eigenvalue weighted by Gasteiger charge is 2.72. The number of ketones is 4. The van der Waals surface area contributed by atoms with Gasteiger partial charge in [0.05, 0.1) is 60.8 Å². The number of rotatable bonds is 8. The van der Waals surface area contributed by atoms with E-state index in [0.29, 0.717) is 0 Å². The van der Waals surface area contributed by atoms with E-state index in [9.17, 15) is 49.5 Å². The highest BCUT2D eigenvalue weighted by molar-refractivity contribution is 6.53. The van der Waals surface area contributed by atoms with Crippen LogP contribution in [0.25, 0.3) is 0 Å². The van der Waals surface area contributed by atoms with Crippen molar-refractivity contribution in [2.24, 2.45) is 21.8 Å². The Morgan fingerprint density at radius 3 is 2.37 bits per heavy atom. The van der Waals surface area contributed by atoms with Gasteiger partial charge >= 0.3 is 5.97 Å². The Kier molecular flexibility index (Phi) is 10.1. The summed E-state index contributed by atoms with van der Waals surface area (Å²) in [6, 6.07) is 2.17. The number of oxime groups is 1. The van der Waals surface area contributed by atoms with Crippen molar-refractivity contribution in [3.8, 4) is 11.5 Å². The third-order valence-corrected chi connectivity index (χ3v) is 10.5. The van der Waals surface area contributed by atoms with Crippen molar-refractivity contribution in [1.29, 1.82) is 0 Å². The minimum Gasteiger partial charge on any atom is -0.507 e. The van der Waals surface area contributed by atoms with Crippen LogP contribution in [0.2, 0.25) is 0 Å². The third kappa shape index (κ3) is 5.24. The second kappa shape index (κ2) is 14.0. The van der Waals surface area contributed by atoms with Gasteiger partial charge in [0.15, 0.2) is 23.2 Å². The summed E-state index contributed by atoms with van der Waals surface area (Å²) in [6.45, 7) is 2.66. The Labute approximate surface area is 307 Å². The molecule has 0 radical (unpaired) electrons. The van der Waals surface area contributed by atoms with Crippen molar-refractivity contribution in [1.82, 2.24) is 0 Å². The number of nitrogens with zero attached hydrogens (tertiary/aromatic N) is 2. The molecule has 0 bridgehead atoms. The summed E-state index contributed by atoms with van der Waals surface area (Å²) in [5, 5.41) is 61.4. The molecule has 0 unspecified atom stereocenters.